The number of carbonyl (C=O) groups is 4. The highest BCUT2D eigenvalue weighted by molar-refractivity contribution is 8.18. The van der Waals surface area contributed by atoms with Crippen molar-refractivity contribution in [2.45, 2.75) is 0 Å². The fraction of sp³-hybridized carbons (Fsp3) is 0.0833. The Morgan fingerprint density at radius 3 is 2.60 bits per heavy atom. The topological polar surface area (TPSA) is 106 Å². The van der Waals surface area contributed by atoms with Crippen LogP contribution in [0.15, 0.2) is 63.9 Å². The largest absolute Gasteiger partial charge is 0.465 e. The Morgan fingerprint density at radius 1 is 1.14 bits per heavy atom. The Bertz CT molecular complexity index is 1370. The van der Waals surface area contributed by atoms with E-state index in [1.807, 2.05) is 0 Å². The number of thioether (sulfide) groups is 1. The highest BCUT2D eigenvalue weighted by Gasteiger charge is 2.36. The highest BCUT2D eigenvalue weighted by Crippen LogP contribution is 2.34. The second kappa shape index (κ2) is 10.2. The number of rotatable bonds is 6. The van der Waals surface area contributed by atoms with E-state index in [0.29, 0.717) is 28.8 Å². The first-order valence-corrected chi connectivity index (χ1v) is 11.2. The Labute approximate surface area is 207 Å². The molecule has 0 saturated carbocycles. The van der Waals surface area contributed by atoms with Crippen LogP contribution in [-0.2, 0) is 14.3 Å². The number of esters is 1. The number of hydrogen-bond donors (Lipinski definition) is 1. The molecule has 0 spiro atoms. The molecule has 1 N–H and O–H groups in total. The highest BCUT2D eigenvalue weighted by atomic mass is 35.5. The maximum absolute atomic E-state index is 13.0. The molecule has 2 heterocycles. The molecule has 3 amide bonds. The SMILES string of the molecule is COC(=O)c1cc(-c2ccc(/C=C3/SC(=O)N(CC(=O)Nc4ccc(F)cc4)C3=O)o2)ccc1Cl. The molecule has 1 aliphatic heterocycles. The first-order valence-electron chi connectivity index (χ1n) is 10.0. The van der Waals surface area contributed by atoms with Gasteiger partial charge in [0.25, 0.3) is 11.1 Å². The van der Waals surface area contributed by atoms with Gasteiger partial charge >= 0.3 is 5.97 Å². The molecule has 8 nitrogen and oxygen atoms in total. The number of hydrogen-bond acceptors (Lipinski definition) is 7. The lowest BCUT2D eigenvalue weighted by molar-refractivity contribution is -0.127. The van der Waals surface area contributed by atoms with Gasteiger partial charge in [-0.2, -0.15) is 0 Å². The minimum absolute atomic E-state index is 0.0804. The Hall–Kier alpha value is -3.89. The first kappa shape index (κ1) is 24.2. The van der Waals surface area contributed by atoms with Gasteiger partial charge in [0.05, 0.1) is 22.6 Å². The zero-order valence-corrected chi connectivity index (χ0v) is 19.6. The molecule has 3 aromatic rings. The van der Waals surface area contributed by atoms with Crippen LogP contribution in [0.25, 0.3) is 17.4 Å². The molecule has 1 fully saturated rings. The molecule has 0 atom stereocenters. The van der Waals surface area contributed by atoms with E-state index >= 15 is 0 Å². The van der Waals surface area contributed by atoms with Crippen molar-refractivity contribution < 1.29 is 32.7 Å². The number of carbonyl (C=O) groups excluding carboxylic acids is 4. The molecule has 178 valence electrons. The summed E-state index contributed by atoms with van der Waals surface area (Å²) in [6, 6.07) is 13.0. The summed E-state index contributed by atoms with van der Waals surface area (Å²) in [5.41, 5.74) is 1.06. The number of nitrogens with zero attached hydrogens (tertiary/aromatic N) is 1. The van der Waals surface area contributed by atoms with Crippen LogP contribution >= 0.6 is 23.4 Å². The molecule has 4 rings (SSSR count). The van der Waals surface area contributed by atoms with Gasteiger partial charge in [-0.15, -0.1) is 0 Å². The van der Waals surface area contributed by atoms with Crippen molar-refractivity contribution in [2.24, 2.45) is 0 Å². The van der Waals surface area contributed by atoms with Gasteiger partial charge in [-0.25, -0.2) is 9.18 Å². The van der Waals surface area contributed by atoms with Gasteiger partial charge in [0.1, 0.15) is 23.9 Å². The molecule has 1 aromatic heterocycles. The molecule has 2 aromatic carbocycles. The summed E-state index contributed by atoms with van der Waals surface area (Å²) in [5, 5.41) is 2.12. The second-order valence-corrected chi connectivity index (χ2v) is 8.61. The normalized spacial score (nSPS) is 14.5. The average molecular weight is 515 g/mol. The van der Waals surface area contributed by atoms with Crippen LogP contribution in [0.4, 0.5) is 14.9 Å². The number of amides is 3. The second-order valence-electron chi connectivity index (χ2n) is 7.21. The third-order valence-corrected chi connectivity index (χ3v) is 6.10. The Balaban J connectivity index is 1.47. The van der Waals surface area contributed by atoms with Gasteiger partial charge < -0.3 is 14.5 Å². The van der Waals surface area contributed by atoms with Gasteiger partial charge in [-0.05, 0) is 66.4 Å². The van der Waals surface area contributed by atoms with Crippen LogP contribution in [0.5, 0.6) is 0 Å². The fourth-order valence-corrected chi connectivity index (χ4v) is 4.19. The predicted molar refractivity (Wildman–Crippen MR) is 128 cm³/mol. The number of imide groups is 1. The van der Waals surface area contributed by atoms with Crippen molar-refractivity contribution in [1.82, 2.24) is 4.90 Å². The van der Waals surface area contributed by atoms with Crippen LogP contribution in [0.1, 0.15) is 16.1 Å². The lowest BCUT2D eigenvalue weighted by Crippen LogP contribution is -2.36. The zero-order valence-electron chi connectivity index (χ0n) is 18.0. The predicted octanol–water partition coefficient (Wildman–Crippen LogP) is 5.20. The molecule has 11 heteroatoms. The van der Waals surface area contributed by atoms with E-state index < -0.39 is 35.4 Å². The van der Waals surface area contributed by atoms with Gasteiger partial charge in [0, 0.05) is 17.3 Å². The van der Waals surface area contributed by atoms with E-state index in [1.54, 1.807) is 18.2 Å². The van der Waals surface area contributed by atoms with E-state index in [2.05, 4.69) is 5.32 Å². The van der Waals surface area contributed by atoms with Crippen LogP contribution in [0, 0.1) is 5.82 Å². The maximum atomic E-state index is 13.0. The van der Waals surface area contributed by atoms with Crippen molar-refractivity contribution in [2.75, 3.05) is 19.0 Å². The minimum Gasteiger partial charge on any atom is -0.465 e. The van der Waals surface area contributed by atoms with E-state index in [9.17, 15) is 23.6 Å². The van der Waals surface area contributed by atoms with E-state index in [-0.39, 0.29) is 21.3 Å². The molecule has 0 radical (unpaired) electrons. The third kappa shape index (κ3) is 5.44. The van der Waals surface area contributed by atoms with Gasteiger partial charge in [0.2, 0.25) is 5.91 Å². The minimum atomic E-state index is -0.647. The summed E-state index contributed by atoms with van der Waals surface area (Å²) in [6.07, 6.45) is 1.39. The van der Waals surface area contributed by atoms with Gasteiger partial charge in [-0.1, -0.05) is 11.6 Å². The molecular weight excluding hydrogens is 499 g/mol. The first-order chi connectivity index (χ1) is 16.7. The molecule has 0 unspecified atom stereocenters. The lowest BCUT2D eigenvalue weighted by Gasteiger charge is -2.12. The average Bonchev–Trinajstić information content (AvgIpc) is 3.40. The van der Waals surface area contributed by atoms with E-state index in [1.165, 1.54) is 49.6 Å². The number of halogens is 2. The summed E-state index contributed by atoms with van der Waals surface area (Å²) >= 11 is 6.72. The Morgan fingerprint density at radius 2 is 1.89 bits per heavy atom. The molecule has 1 saturated heterocycles. The van der Waals surface area contributed by atoms with Gasteiger partial charge in [0.15, 0.2) is 0 Å². The number of anilines is 1. The quantitative estimate of drug-likeness (QED) is 0.356. The van der Waals surface area contributed by atoms with Crippen molar-refractivity contribution in [3.8, 4) is 11.3 Å². The van der Waals surface area contributed by atoms with Crippen LogP contribution in [0.3, 0.4) is 0 Å². The molecular formula is C24H16ClFN2O6S. The lowest BCUT2D eigenvalue weighted by atomic mass is 10.1. The number of nitrogens with one attached hydrogen (secondary N) is 1. The number of ether oxygens (including phenoxy) is 1. The Kier molecular flexibility index (Phi) is 7.04. The summed E-state index contributed by atoms with van der Waals surface area (Å²) < 4.78 is 23.5. The molecule has 0 aliphatic carbocycles. The van der Waals surface area contributed by atoms with Crippen molar-refractivity contribution in [3.05, 3.63) is 81.7 Å². The van der Waals surface area contributed by atoms with Crippen LogP contribution in [-0.4, -0.2) is 41.6 Å². The van der Waals surface area contributed by atoms with Crippen LogP contribution in [0.2, 0.25) is 5.02 Å². The van der Waals surface area contributed by atoms with Crippen molar-refractivity contribution >= 4 is 58.1 Å². The number of methoxy groups -OCH3 is 1. The molecule has 0 bridgehead atoms. The van der Waals surface area contributed by atoms with Gasteiger partial charge in [-0.3, -0.25) is 19.3 Å². The fourth-order valence-electron chi connectivity index (χ4n) is 3.17. The number of furan rings is 1. The monoisotopic (exact) mass is 514 g/mol. The molecule has 1 aliphatic rings. The smallest absolute Gasteiger partial charge is 0.339 e. The van der Waals surface area contributed by atoms with Crippen molar-refractivity contribution in [1.29, 1.82) is 0 Å². The summed E-state index contributed by atoms with van der Waals surface area (Å²) in [5.74, 6) is -1.62. The number of benzene rings is 2. The standard InChI is InChI=1S/C24H16ClFN2O6S/c1-33-23(31)17-10-13(2-8-18(17)25)19-9-7-16(34-19)11-20-22(30)28(24(32)35-20)12-21(29)27-15-5-3-14(26)4-6-15/h2-11H,12H2,1H3,(H,27,29)/b20-11+. The summed E-state index contributed by atoms with van der Waals surface area (Å²) in [4.78, 5) is 50.0. The summed E-state index contributed by atoms with van der Waals surface area (Å²) in [7, 11) is 1.25. The van der Waals surface area contributed by atoms with E-state index in [4.69, 9.17) is 20.8 Å². The maximum Gasteiger partial charge on any atom is 0.339 e. The zero-order chi connectivity index (χ0) is 25.1. The summed E-state index contributed by atoms with van der Waals surface area (Å²) in [6.45, 7) is -0.496. The van der Waals surface area contributed by atoms with E-state index in [0.717, 1.165) is 4.90 Å². The molecule has 35 heavy (non-hydrogen) atoms. The van der Waals surface area contributed by atoms with Crippen molar-refractivity contribution in [3.63, 3.8) is 0 Å². The van der Waals surface area contributed by atoms with Crippen LogP contribution < -0.4 is 5.32 Å². The third-order valence-electron chi connectivity index (χ3n) is 4.86.